The van der Waals surface area contributed by atoms with Gasteiger partial charge in [0.2, 0.25) is 10.0 Å². The maximum absolute atomic E-state index is 12.2. The molecular weight excluding hydrogens is 477 g/mol. The maximum atomic E-state index is 12.2. The summed E-state index contributed by atoms with van der Waals surface area (Å²) < 4.78 is 26.0. The first-order chi connectivity index (χ1) is 12.6. The summed E-state index contributed by atoms with van der Waals surface area (Å²) in [5, 5.41) is 4.50. The van der Waals surface area contributed by atoms with Gasteiger partial charge in [-0.3, -0.25) is 9.10 Å². The number of hydrazone groups is 1. The van der Waals surface area contributed by atoms with Gasteiger partial charge in [-0.1, -0.05) is 51.3 Å². The molecule has 0 aliphatic heterocycles. The number of carbonyl (C=O) groups is 1. The van der Waals surface area contributed by atoms with E-state index in [9.17, 15) is 13.2 Å². The summed E-state index contributed by atoms with van der Waals surface area (Å²) in [4.78, 5) is 12.2. The zero-order valence-corrected chi connectivity index (χ0v) is 18.3. The Labute approximate surface area is 176 Å². The highest BCUT2D eigenvalue weighted by Gasteiger charge is 2.21. The Hall–Kier alpha value is -1.61. The van der Waals surface area contributed by atoms with E-state index in [0.717, 1.165) is 20.6 Å². The average Bonchev–Trinajstić information content (AvgIpc) is 2.59. The predicted molar refractivity (Wildman–Crippen MR) is 113 cm³/mol. The predicted octanol–water partition coefficient (Wildman–Crippen LogP) is 4.06. The van der Waals surface area contributed by atoms with Crippen LogP contribution in [0.15, 0.2) is 52.0 Å². The van der Waals surface area contributed by atoms with Gasteiger partial charge in [0.05, 0.1) is 27.7 Å². The van der Waals surface area contributed by atoms with E-state index in [0.29, 0.717) is 5.71 Å². The molecule has 1 N–H and O–H groups in total. The third-order valence-corrected chi connectivity index (χ3v) is 5.84. The van der Waals surface area contributed by atoms with Gasteiger partial charge in [0.15, 0.2) is 0 Å². The Kier molecular flexibility index (Phi) is 7.27. The van der Waals surface area contributed by atoms with Crippen LogP contribution in [-0.4, -0.2) is 32.8 Å². The molecule has 2 rings (SSSR count). The van der Waals surface area contributed by atoms with Crippen molar-refractivity contribution < 1.29 is 13.2 Å². The number of hydrogen-bond acceptors (Lipinski definition) is 4. The molecule has 27 heavy (non-hydrogen) atoms. The number of anilines is 1. The van der Waals surface area contributed by atoms with Gasteiger partial charge in [-0.05, 0) is 42.8 Å². The standard InChI is InChI=1S/C17H16BrCl2N3O3S/c1-11(12-4-3-5-13(18)8-12)21-22-17(24)10-23(27(2,25)26)14-6-7-15(19)16(20)9-14/h3-9H,10H2,1-2H3,(H,22,24)/b21-11+. The minimum absolute atomic E-state index is 0.187. The van der Waals surface area contributed by atoms with Gasteiger partial charge in [0, 0.05) is 4.47 Å². The van der Waals surface area contributed by atoms with Crippen LogP contribution in [0.2, 0.25) is 10.0 Å². The third kappa shape index (κ3) is 6.21. The van der Waals surface area contributed by atoms with Crippen molar-refractivity contribution in [2.24, 2.45) is 5.10 Å². The van der Waals surface area contributed by atoms with Crippen molar-refractivity contribution in [3.8, 4) is 0 Å². The molecule has 0 aliphatic carbocycles. The van der Waals surface area contributed by atoms with E-state index in [1.807, 2.05) is 24.3 Å². The van der Waals surface area contributed by atoms with E-state index in [1.165, 1.54) is 18.2 Å². The molecule has 0 aromatic heterocycles. The van der Waals surface area contributed by atoms with E-state index in [4.69, 9.17) is 23.2 Å². The Morgan fingerprint density at radius 2 is 1.89 bits per heavy atom. The van der Waals surface area contributed by atoms with Gasteiger partial charge >= 0.3 is 0 Å². The Balaban J connectivity index is 2.17. The van der Waals surface area contributed by atoms with Crippen molar-refractivity contribution in [3.05, 3.63) is 62.5 Å². The Morgan fingerprint density at radius 3 is 2.48 bits per heavy atom. The lowest BCUT2D eigenvalue weighted by Gasteiger charge is -2.21. The first-order valence-electron chi connectivity index (χ1n) is 7.60. The number of carbonyl (C=O) groups excluding carboxylic acids is 1. The summed E-state index contributed by atoms with van der Waals surface area (Å²) in [6.07, 6.45) is 0.999. The Bertz CT molecular complexity index is 997. The van der Waals surface area contributed by atoms with Gasteiger partial charge < -0.3 is 0 Å². The normalized spacial score (nSPS) is 12.0. The first-order valence-corrected chi connectivity index (χ1v) is 11.0. The molecule has 0 radical (unpaired) electrons. The van der Waals surface area contributed by atoms with Gasteiger partial charge in [0.25, 0.3) is 5.91 Å². The molecule has 0 atom stereocenters. The Morgan fingerprint density at radius 1 is 1.19 bits per heavy atom. The second-order valence-electron chi connectivity index (χ2n) is 5.61. The van der Waals surface area contributed by atoms with E-state index in [1.54, 1.807) is 6.92 Å². The summed E-state index contributed by atoms with van der Waals surface area (Å²) in [6.45, 7) is 1.28. The van der Waals surface area contributed by atoms with Gasteiger partial charge in [-0.2, -0.15) is 5.10 Å². The summed E-state index contributed by atoms with van der Waals surface area (Å²) >= 11 is 15.2. The molecule has 0 fully saturated rings. The highest BCUT2D eigenvalue weighted by Crippen LogP contribution is 2.28. The fraction of sp³-hybridized carbons (Fsp3) is 0.176. The molecule has 10 heteroatoms. The van der Waals surface area contributed by atoms with Gasteiger partial charge in [-0.15, -0.1) is 0 Å². The summed E-state index contributed by atoms with van der Waals surface area (Å²) in [7, 11) is -3.72. The second-order valence-corrected chi connectivity index (χ2v) is 9.25. The summed E-state index contributed by atoms with van der Waals surface area (Å²) in [5.74, 6) is -0.596. The SMILES string of the molecule is C/C(=N\NC(=O)CN(c1ccc(Cl)c(Cl)c1)S(C)(=O)=O)c1cccc(Br)c1. The number of benzene rings is 2. The second kappa shape index (κ2) is 9.05. The third-order valence-electron chi connectivity index (χ3n) is 3.47. The van der Waals surface area contributed by atoms with Crippen molar-refractivity contribution in [1.29, 1.82) is 0 Å². The molecule has 0 saturated carbocycles. The fourth-order valence-corrected chi connectivity index (χ4v) is 3.67. The molecule has 2 aromatic rings. The number of hydrogen-bond donors (Lipinski definition) is 1. The average molecular weight is 493 g/mol. The van der Waals surface area contributed by atoms with Crippen LogP contribution in [-0.2, 0) is 14.8 Å². The fourth-order valence-electron chi connectivity index (χ4n) is 2.13. The highest BCUT2D eigenvalue weighted by molar-refractivity contribution is 9.10. The lowest BCUT2D eigenvalue weighted by atomic mass is 10.1. The van der Waals surface area contributed by atoms with E-state index in [-0.39, 0.29) is 15.7 Å². The zero-order valence-electron chi connectivity index (χ0n) is 14.4. The topological polar surface area (TPSA) is 78.8 Å². The van der Waals surface area contributed by atoms with Crippen LogP contribution < -0.4 is 9.73 Å². The molecule has 2 aromatic carbocycles. The van der Waals surface area contributed by atoms with Gasteiger partial charge in [-0.25, -0.2) is 13.8 Å². The quantitative estimate of drug-likeness (QED) is 0.487. The van der Waals surface area contributed by atoms with Crippen LogP contribution in [0.1, 0.15) is 12.5 Å². The first kappa shape index (κ1) is 21.7. The smallest absolute Gasteiger partial charge is 0.260 e. The number of amides is 1. The van der Waals surface area contributed by atoms with Gasteiger partial charge in [0.1, 0.15) is 6.54 Å². The largest absolute Gasteiger partial charge is 0.271 e. The van der Waals surface area contributed by atoms with Crippen molar-refractivity contribution in [1.82, 2.24) is 5.43 Å². The monoisotopic (exact) mass is 491 g/mol. The molecular formula is C17H16BrCl2N3O3S. The molecule has 0 saturated heterocycles. The van der Waals surface area contributed by atoms with Crippen LogP contribution in [0.5, 0.6) is 0 Å². The van der Waals surface area contributed by atoms with E-state index >= 15 is 0 Å². The van der Waals surface area contributed by atoms with Crippen molar-refractivity contribution in [3.63, 3.8) is 0 Å². The molecule has 0 aliphatic rings. The van der Waals surface area contributed by atoms with Crippen LogP contribution in [0.25, 0.3) is 0 Å². The van der Waals surface area contributed by atoms with E-state index < -0.39 is 22.5 Å². The summed E-state index contributed by atoms with van der Waals surface area (Å²) in [5.41, 5.74) is 3.99. The zero-order chi connectivity index (χ0) is 20.2. The lowest BCUT2D eigenvalue weighted by Crippen LogP contribution is -2.39. The molecule has 0 heterocycles. The number of sulfonamides is 1. The lowest BCUT2D eigenvalue weighted by molar-refractivity contribution is -0.119. The molecule has 1 amide bonds. The van der Waals surface area contributed by atoms with Crippen molar-refractivity contribution in [2.45, 2.75) is 6.92 Å². The minimum Gasteiger partial charge on any atom is -0.271 e. The molecule has 0 unspecified atom stereocenters. The van der Waals surface area contributed by atoms with Crippen LogP contribution in [0, 0.1) is 0 Å². The summed E-state index contributed by atoms with van der Waals surface area (Å²) in [6, 6.07) is 11.7. The molecule has 144 valence electrons. The van der Waals surface area contributed by atoms with Crippen LogP contribution >= 0.6 is 39.1 Å². The molecule has 6 nitrogen and oxygen atoms in total. The van der Waals surface area contributed by atoms with Crippen LogP contribution in [0.4, 0.5) is 5.69 Å². The maximum Gasteiger partial charge on any atom is 0.260 e. The van der Waals surface area contributed by atoms with Crippen molar-refractivity contribution in [2.75, 3.05) is 17.1 Å². The number of halogens is 3. The van der Waals surface area contributed by atoms with E-state index in [2.05, 4.69) is 26.5 Å². The number of nitrogens with one attached hydrogen (secondary N) is 1. The highest BCUT2D eigenvalue weighted by atomic mass is 79.9. The van der Waals surface area contributed by atoms with Crippen molar-refractivity contribution >= 4 is 66.5 Å². The van der Waals surface area contributed by atoms with Crippen LogP contribution in [0.3, 0.4) is 0 Å². The molecule has 0 spiro atoms. The number of rotatable bonds is 6. The number of nitrogens with zero attached hydrogens (tertiary/aromatic N) is 2. The minimum atomic E-state index is -3.72. The molecule has 0 bridgehead atoms.